The third kappa shape index (κ3) is 6.20. The van der Waals surface area contributed by atoms with Gasteiger partial charge in [-0.2, -0.15) is 5.26 Å². The summed E-state index contributed by atoms with van der Waals surface area (Å²) in [5.74, 6) is 3.35. The van der Waals surface area contributed by atoms with E-state index in [-0.39, 0.29) is 41.9 Å². The average Bonchev–Trinajstić information content (AvgIpc) is 3.53. The number of nitrogens with zero attached hydrogens (tertiary/aromatic N) is 7. The van der Waals surface area contributed by atoms with Crippen molar-refractivity contribution >= 4 is 55.8 Å². The van der Waals surface area contributed by atoms with Crippen LogP contribution in [0.4, 0.5) is 14.6 Å². The van der Waals surface area contributed by atoms with Crippen molar-refractivity contribution < 1.29 is 18.7 Å². The second-order valence-corrected chi connectivity index (χ2v) is 14.7. The Kier molecular flexibility index (Phi) is 8.78. The smallest absolute Gasteiger partial charge is 0.338 e. The standard InChI is InChI=1S/C37H32ClF2N7O3S/c1-21-44-29-17-43-33(45(3)24-9-13-46(14-10-24)36(2)19-37(39,40)20-36)27(16-41)30(29)34(48)47(21)12-4-5-22-6-7-23(38)15-26(22)25-8-11-42-31-28(35(49)50)18-51-32(25)31/h6-8,11,15,17-18,24H,9-10,12-14,19-20H2,1-3H3,(H,49,50). The minimum atomic E-state index is -2.60. The number of anilines is 1. The molecular weight excluding hydrogens is 696 g/mol. The molecule has 0 atom stereocenters. The number of carboxylic acids is 1. The molecule has 1 saturated heterocycles. The van der Waals surface area contributed by atoms with Crippen LogP contribution in [0.3, 0.4) is 0 Å². The van der Waals surface area contributed by atoms with Crippen LogP contribution in [0.2, 0.25) is 5.02 Å². The molecule has 2 fully saturated rings. The quantitative estimate of drug-likeness (QED) is 0.189. The van der Waals surface area contributed by atoms with Crippen molar-refractivity contribution in [1.29, 1.82) is 5.26 Å². The lowest BCUT2D eigenvalue weighted by atomic mass is 9.72. The summed E-state index contributed by atoms with van der Waals surface area (Å²) in [4.78, 5) is 43.3. The van der Waals surface area contributed by atoms with E-state index < -0.39 is 23.0 Å². The van der Waals surface area contributed by atoms with Gasteiger partial charge in [-0.05, 0) is 51.0 Å². The minimum Gasteiger partial charge on any atom is -0.478 e. The number of carbonyl (C=O) groups is 1. The number of hydrogen-bond acceptors (Lipinski definition) is 9. The van der Waals surface area contributed by atoms with Crippen molar-refractivity contribution in [3.05, 3.63) is 79.9 Å². The van der Waals surface area contributed by atoms with Crippen molar-refractivity contribution in [3.63, 3.8) is 0 Å². The maximum atomic E-state index is 14.0. The van der Waals surface area contributed by atoms with E-state index >= 15 is 0 Å². The number of piperidine rings is 1. The fourth-order valence-corrected chi connectivity index (χ4v) is 8.68. The zero-order valence-corrected chi connectivity index (χ0v) is 29.6. The van der Waals surface area contributed by atoms with Gasteiger partial charge >= 0.3 is 5.97 Å². The number of nitriles is 1. The minimum absolute atomic E-state index is 0.00841. The Morgan fingerprint density at radius 2 is 1.94 bits per heavy atom. The Labute approximate surface area is 300 Å². The van der Waals surface area contributed by atoms with Crippen molar-refractivity contribution in [2.45, 2.75) is 63.6 Å². The molecule has 0 amide bonds. The van der Waals surface area contributed by atoms with E-state index in [2.05, 4.69) is 37.8 Å². The van der Waals surface area contributed by atoms with E-state index in [9.17, 15) is 28.7 Å². The molecule has 0 spiro atoms. The topological polar surface area (TPSA) is 128 Å². The Morgan fingerprint density at radius 3 is 2.63 bits per heavy atom. The molecule has 1 aliphatic carbocycles. The van der Waals surface area contributed by atoms with Crippen LogP contribution >= 0.6 is 22.9 Å². The predicted octanol–water partition coefficient (Wildman–Crippen LogP) is 6.74. The van der Waals surface area contributed by atoms with Gasteiger partial charge in [0.1, 0.15) is 23.3 Å². The first-order valence-electron chi connectivity index (χ1n) is 16.3. The lowest BCUT2D eigenvalue weighted by molar-refractivity contribution is -0.172. The molecule has 1 N–H and O–H groups in total. The molecule has 5 aromatic rings. The maximum Gasteiger partial charge on any atom is 0.338 e. The van der Waals surface area contributed by atoms with Crippen LogP contribution in [-0.2, 0) is 6.54 Å². The van der Waals surface area contributed by atoms with Crippen LogP contribution in [0.25, 0.3) is 32.2 Å². The highest BCUT2D eigenvalue weighted by molar-refractivity contribution is 7.18. The van der Waals surface area contributed by atoms with Crippen LogP contribution in [0.5, 0.6) is 0 Å². The van der Waals surface area contributed by atoms with E-state index in [1.165, 1.54) is 22.1 Å². The van der Waals surface area contributed by atoms with Crippen LogP contribution < -0.4 is 10.5 Å². The number of alkyl halides is 2. The van der Waals surface area contributed by atoms with Gasteiger partial charge in [-0.15, -0.1) is 11.3 Å². The number of halogens is 3. The number of aromatic carboxylic acids is 1. The van der Waals surface area contributed by atoms with Gasteiger partial charge in [-0.1, -0.05) is 23.4 Å². The molecule has 260 valence electrons. The highest BCUT2D eigenvalue weighted by atomic mass is 35.5. The first-order valence-corrected chi connectivity index (χ1v) is 17.6. The molecule has 10 nitrogen and oxygen atoms in total. The number of benzene rings is 1. The van der Waals surface area contributed by atoms with Gasteiger partial charge in [0.05, 0.1) is 39.4 Å². The monoisotopic (exact) mass is 727 g/mol. The molecule has 14 heteroatoms. The number of thiophene rings is 1. The number of fused-ring (bicyclic) bond motifs is 2. The molecule has 2 aliphatic rings. The molecule has 1 aliphatic heterocycles. The molecule has 1 saturated carbocycles. The number of hydrogen-bond donors (Lipinski definition) is 1. The molecule has 4 aromatic heterocycles. The predicted molar refractivity (Wildman–Crippen MR) is 193 cm³/mol. The third-order valence-electron chi connectivity index (χ3n) is 10.1. The van der Waals surface area contributed by atoms with Gasteiger partial charge in [0.15, 0.2) is 0 Å². The van der Waals surface area contributed by atoms with Gasteiger partial charge in [-0.25, -0.2) is 23.5 Å². The zero-order chi connectivity index (χ0) is 36.2. The van der Waals surface area contributed by atoms with E-state index in [0.29, 0.717) is 69.5 Å². The lowest BCUT2D eigenvalue weighted by Gasteiger charge is -2.54. The van der Waals surface area contributed by atoms with Crippen LogP contribution in [0, 0.1) is 30.1 Å². The molecular formula is C37H32ClF2N7O3S. The average molecular weight is 728 g/mol. The molecule has 5 heterocycles. The van der Waals surface area contributed by atoms with E-state index in [1.54, 1.807) is 42.8 Å². The molecule has 51 heavy (non-hydrogen) atoms. The lowest BCUT2D eigenvalue weighted by Crippen LogP contribution is -2.63. The summed E-state index contributed by atoms with van der Waals surface area (Å²) in [5.41, 5.74) is 2.06. The Morgan fingerprint density at radius 1 is 1.20 bits per heavy atom. The number of carboxylic acid groups (broad SMARTS) is 1. The number of pyridine rings is 2. The zero-order valence-electron chi connectivity index (χ0n) is 28.0. The second-order valence-electron chi connectivity index (χ2n) is 13.4. The molecule has 0 unspecified atom stereocenters. The Balaban J connectivity index is 1.18. The third-order valence-corrected chi connectivity index (χ3v) is 11.3. The van der Waals surface area contributed by atoms with Crippen LogP contribution in [-0.4, -0.2) is 73.1 Å². The van der Waals surface area contributed by atoms with Crippen molar-refractivity contribution in [1.82, 2.24) is 24.4 Å². The Bertz CT molecular complexity index is 2400. The van der Waals surface area contributed by atoms with Gasteiger partial charge in [0.25, 0.3) is 11.5 Å². The fraction of sp³-hybridized carbons (Fsp3) is 0.351. The summed E-state index contributed by atoms with van der Waals surface area (Å²) < 4.78 is 29.5. The number of aryl methyl sites for hydroxylation is 1. The van der Waals surface area contributed by atoms with Crippen molar-refractivity contribution in [2.24, 2.45) is 0 Å². The van der Waals surface area contributed by atoms with Gasteiger partial charge < -0.3 is 10.0 Å². The molecule has 0 radical (unpaired) electrons. The molecule has 0 bridgehead atoms. The molecule has 1 aromatic carbocycles. The largest absolute Gasteiger partial charge is 0.478 e. The van der Waals surface area contributed by atoms with Gasteiger partial charge in [0.2, 0.25) is 0 Å². The first kappa shape index (κ1) is 34.5. The summed E-state index contributed by atoms with van der Waals surface area (Å²) in [6, 6.07) is 9.23. The normalized spacial score (nSPS) is 17.0. The maximum absolute atomic E-state index is 14.0. The number of aromatic nitrogens is 4. The van der Waals surface area contributed by atoms with E-state index in [4.69, 9.17) is 11.6 Å². The SMILES string of the molecule is Cc1nc2cnc(N(C)C3CCN(C4(C)CC(F)(F)C4)CC3)c(C#N)c2c(=O)n1CC#Cc1ccc(Cl)cc1-c1ccnc2c(C(=O)O)csc12. The highest BCUT2D eigenvalue weighted by Crippen LogP contribution is 2.49. The van der Waals surface area contributed by atoms with E-state index in [0.717, 1.165) is 5.56 Å². The summed E-state index contributed by atoms with van der Waals surface area (Å²) in [6.07, 6.45) is 4.21. The number of rotatable bonds is 6. The fourth-order valence-electron chi connectivity index (χ4n) is 7.48. The number of likely N-dealkylation sites (tertiary alicyclic amines) is 1. The van der Waals surface area contributed by atoms with Crippen molar-refractivity contribution in [3.8, 4) is 29.0 Å². The summed E-state index contributed by atoms with van der Waals surface area (Å²) in [5, 5.41) is 22.1. The summed E-state index contributed by atoms with van der Waals surface area (Å²) >= 11 is 7.66. The van der Waals surface area contributed by atoms with E-state index in [1.807, 2.05) is 18.9 Å². The Hall–Kier alpha value is -4.95. The van der Waals surface area contributed by atoms with Crippen LogP contribution in [0.15, 0.2) is 46.8 Å². The summed E-state index contributed by atoms with van der Waals surface area (Å²) in [7, 11) is 1.85. The molecule has 7 rings (SSSR count). The van der Waals surface area contributed by atoms with Crippen molar-refractivity contribution in [2.75, 3.05) is 25.0 Å². The van der Waals surface area contributed by atoms with Gasteiger partial charge in [0, 0.05) is 77.8 Å². The second kappa shape index (κ2) is 13.0. The van der Waals surface area contributed by atoms with Crippen LogP contribution in [0.1, 0.15) is 59.9 Å². The van der Waals surface area contributed by atoms with Gasteiger partial charge in [-0.3, -0.25) is 19.2 Å². The first-order chi connectivity index (χ1) is 24.3. The highest BCUT2D eigenvalue weighted by Gasteiger charge is 2.56. The summed E-state index contributed by atoms with van der Waals surface area (Å²) in [6.45, 7) is 4.88.